The third-order valence-corrected chi connectivity index (χ3v) is 2.10. The van der Waals surface area contributed by atoms with E-state index in [4.69, 9.17) is 16.7 Å². The molecule has 0 aromatic carbocycles. The maximum atomic E-state index is 10.5. The van der Waals surface area contributed by atoms with Crippen LogP contribution in [0.4, 0.5) is 0 Å². The molecule has 0 aliphatic carbocycles. The molecule has 0 saturated carbocycles. The molecular weight excluding hydrogens is 204 g/mol. The Labute approximate surface area is 84.8 Å². The van der Waals surface area contributed by atoms with Gasteiger partial charge in [0, 0.05) is 6.20 Å². The van der Waals surface area contributed by atoms with Crippen molar-refractivity contribution in [3.8, 4) is 0 Å². The van der Waals surface area contributed by atoms with E-state index in [1.807, 2.05) is 0 Å². The number of carbonyl (C=O) groups is 1. The number of halogens is 1. The highest BCUT2D eigenvalue weighted by Crippen LogP contribution is 2.13. The second-order valence-electron chi connectivity index (χ2n) is 2.89. The van der Waals surface area contributed by atoms with Gasteiger partial charge in [0.25, 0.3) is 0 Å². The van der Waals surface area contributed by atoms with Gasteiger partial charge in [-0.3, -0.25) is 4.79 Å². The average molecular weight is 211 g/mol. The van der Waals surface area contributed by atoms with E-state index >= 15 is 0 Å². The molecule has 14 heavy (non-hydrogen) atoms. The number of aliphatic carboxylic acids is 1. The molecule has 2 rings (SSSR count). The lowest BCUT2D eigenvalue weighted by Gasteiger charge is -1.98. The normalized spacial score (nSPS) is 10.6. The summed E-state index contributed by atoms with van der Waals surface area (Å²) < 4.78 is 1.68. The third kappa shape index (κ3) is 1.56. The minimum absolute atomic E-state index is 0.103. The van der Waals surface area contributed by atoms with E-state index in [2.05, 4.69) is 4.98 Å². The number of pyridine rings is 1. The van der Waals surface area contributed by atoms with E-state index in [0.29, 0.717) is 10.8 Å². The predicted octanol–water partition coefficient (Wildman–Crippen LogP) is 1.61. The van der Waals surface area contributed by atoms with Crippen LogP contribution in [-0.2, 0) is 11.2 Å². The molecule has 0 spiro atoms. The highest BCUT2D eigenvalue weighted by molar-refractivity contribution is 6.30. The molecule has 0 atom stereocenters. The minimum atomic E-state index is -0.905. The molecule has 0 aliphatic heterocycles. The summed E-state index contributed by atoms with van der Waals surface area (Å²) in [6.45, 7) is 0. The molecule has 72 valence electrons. The zero-order valence-electron chi connectivity index (χ0n) is 7.14. The summed E-state index contributed by atoms with van der Waals surface area (Å²) in [6.07, 6.45) is 3.17. The van der Waals surface area contributed by atoms with Crippen molar-refractivity contribution in [2.45, 2.75) is 6.42 Å². The fourth-order valence-electron chi connectivity index (χ4n) is 1.28. The maximum absolute atomic E-state index is 10.5. The average Bonchev–Trinajstić information content (AvgIpc) is 2.47. The van der Waals surface area contributed by atoms with Crippen molar-refractivity contribution in [3.63, 3.8) is 0 Å². The monoisotopic (exact) mass is 210 g/mol. The lowest BCUT2D eigenvalue weighted by Crippen LogP contribution is -2.04. The van der Waals surface area contributed by atoms with E-state index in [-0.39, 0.29) is 6.42 Å². The fraction of sp³-hybridized carbons (Fsp3) is 0.111. The van der Waals surface area contributed by atoms with Crippen LogP contribution >= 0.6 is 11.6 Å². The largest absolute Gasteiger partial charge is 0.481 e. The maximum Gasteiger partial charge on any atom is 0.311 e. The Balaban J connectivity index is 2.55. The molecule has 2 aromatic rings. The van der Waals surface area contributed by atoms with E-state index < -0.39 is 5.97 Å². The molecule has 0 unspecified atom stereocenters. The first-order chi connectivity index (χ1) is 6.66. The second kappa shape index (κ2) is 3.31. The summed E-state index contributed by atoms with van der Waals surface area (Å²) in [5.74, 6) is -0.424. The molecule has 0 bridgehead atoms. The van der Waals surface area contributed by atoms with Gasteiger partial charge >= 0.3 is 5.97 Å². The van der Waals surface area contributed by atoms with Gasteiger partial charge in [-0.2, -0.15) is 0 Å². The van der Waals surface area contributed by atoms with Crippen LogP contribution in [0.25, 0.3) is 5.52 Å². The highest BCUT2D eigenvalue weighted by atomic mass is 35.5. The number of fused-ring (bicyclic) bond motifs is 1. The molecular formula is C9H7ClN2O2. The predicted molar refractivity (Wildman–Crippen MR) is 51.5 cm³/mol. The van der Waals surface area contributed by atoms with E-state index in [0.717, 1.165) is 5.52 Å². The van der Waals surface area contributed by atoms with Crippen LogP contribution in [0.3, 0.4) is 0 Å². The number of hydrogen-bond acceptors (Lipinski definition) is 2. The van der Waals surface area contributed by atoms with Gasteiger partial charge in [0.2, 0.25) is 0 Å². The Morgan fingerprint density at radius 2 is 2.36 bits per heavy atom. The Bertz CT molecular complexity index is 493. The standard InChI is InChI=1S/C9H7ClN2O2/c10-6-1-2-7-4-11-8(3-9(13)14)12(7)5-6/h1-2,4-5H,3H2,(H,13,14). The van der Waals surface area contributed by atoms with Crippen molar-refractivity contribution in [1.82, 2.24) is 9.38 Å². The van der Waals surface area contributed by atoms with E-state index in [1.165, 1.54) is 0 Å². The van der Waals surface area contributed by atoms with Crippen molar-refractivity contribution in [2.24, 2.45) is 0 Å². The molecule has 1 N–H and O–H groups in total. The van der Waals surface area contributed by atoms with Crippen molar-refractivity contribution in [3.05, 3.63) is 35.4 Å². The van der Waals surface area contributed by atoms with Crippen LogP contribution in [0.15, 0.2) is 24.5 Å². The highest BCUT2D eigenvalue weighted by Gasteiger charge is 2.07. The van der Waals surface area contributed by atoms with Crippen molar-refractivity contribution in [2.75, 3.05) is 0 Å². The Morgan fingerprint density at radius 1 is 1.57 bits per heavy atom. The SMILES string of the molecule is O=C(O)Cc1ncc2ccc(Cl)cn12. The fourth-order valence-corrected chi connectivity index (χ4v) is 1.44. The third-order valence-electron chi connectivity index (χ3n) is 1.88. The second-order valence-corrected chi connectivity index (χ2v) is 3.32. The summed E-state index contributed by atoms with van der Waals surface area (Å²) in [7, 11) is 0. The van der Waals surface area contributed by atoms with Gasteiger partial charge in [-0.1, -0.05) is 11.6 Å². The van der Waals surface area contributed by atoms with Crippen LogP contribution in [-0.4, -0.2) is 20.5 Å². The van der Waals surface area contributed by atoms with Crippen molar-refractivity contribution >= 4 is 23.1 Å². The lowest BCUT2D eigenvalue weighted by molar-refractivity contribution is -0.136. The molecule has 5 heteroatoms. The molecule has 2 aromatic heterocycles. The van der Waals surface area contributed by atoms with Gasteiger partial charge in [0.1, 0.15) is 12.2 Å². The van der Waals surface area contributed by atoms with E-state index in [1.54, 1.807) is 28.9 Å². The smallest absolute Gasteiger partial charge is 0.311 e. The number of hydrogen-bond donors (Lipinski definition) is 1. The minimum Gasteiger partial charge on any atom is -0.481 e. The molecule has 0 amide bonds. The van der Waals surface area contributed by atoms with Crippen LogP contribution < -0.4 is 0 Å². The summed E-state index contributed by atoms with van der Waals surface area (Å²) in [6, 6.07) is 3.53. The number of nitrogens with zero attached hydrogens (tertiary/aromatic N) is 2. The van der Waals surface area contributed by atoms with Crippen molar-refractivity contribution in [1.29, 1.82) is 0 Å². The van der Waals surface area contributed by atoms with E-state index in [9.17, 15) is 4.79 Å². The first-order valence-corrected chi connectivity index (χ1v) is 4.38. The number of imidazole rings is 1. The van der Waals surface area contributed by atoms with Crippen LogP contribution in [0.1, 0.15) is 5.82 Å². The summed E-state index contributed by atoms with van der Waals surface area (Å²) in [5.41, 5.74) is 0.839. The molecule has 0 fully saturated rings. The summed E-state index contributed by atoms with van der Waals surface area (Å²) in [4.78, 5) is 14.5. The number of carboxylic acids is 1. The Kier molecular flexibility index (Phi) is 2.13. The molecule has 2 heterocycles. The van der Waals surface area contributed by atoms with Gasteiger partial charge in [-0.25, -0.2) is 4.98 Å². The molecule has 0 saturated heterocycles. The number of carboxylic acid groups (broad SMARTS) is 1. The van der Waals surface area contributed by atoms with Gasteiger partial charge in [0.15, 0.2) is 0 Å². The van der Waals surface area contributed by atoms with Crippen LogP contribution in [0, 0.1) is 0 Å². The van der Waals surface area contributed by atoms with Crippen molar-refractivity contribution < 1.29 is 9.90 Å². The van der Waals surface area contributed by atoms with Crippen LogP contribution in [0.2, 0.25) is 5.02 Å². The Morgan fingerprint density at radius 3 is 3.07 bits per heavy atom. The molecule has 0 aliphatic rings. The quantitative estimate of drug-likeness (QED) is 0.820. The summed E-state index contributed by atoms with van der Waals surface area (Å²) >= 11 is 5.79. The van der Waals surface area contributed by atoms with Gasteiger partial charge in [-0.15, -0.1) is 0 Å². The van der Waals surface area contributed by atoms with Crippen LogP contribution in [0.5, 0.6) is 0 Å². The van der Waals surface area contributed by atoms with Gasteiger partial charge < -0.3 is 9.51 Å². The zero-order valence-corrected chi connectivity index (χ0v) is 7.90. The molecule has 0 radical (unpaired) electrons. The first kappa shape index (κ1) is 9.02. The first-order valence-electron chi connectivity index (χ1n) is 4.00. The topological polar surface area (TPSA) is 54.6 Å². The Hall–Kier alpha value is -1.55. The summed E-state index contributed by atoms with van der Waals surface area (Å²) in [5, 5.41) is 9.19. The lowest BCUT2D eigenvalue weighted by atomic mass is 10.4. The number of aromatic nitrogens is 2. The van der Waals surface area contributed by atoms with Gasteiger partial charge in [-0.05, 0) is 12.1 Å². The number of rotatable bonds is 2. The molecule has 4 nitrogen and oxygen atoms in total. The zero-order chi connectivity index (χ0) is 10.1. The van der Waals surface area contributed by atoms with Gasteiger partial charge in [0.05, 0.1) is 16.7 Å².